The average molecular weight is 286 g/mol. The van der Waals surface area contributed by atoms with Crippen molar-refractivity contribution in [3.63, 3.8) is 0 Å². The van der Waals surface area contributed by atoms with Crippen molar-refractivity contribution in [3.05, 3.63) is 35.4 Å². The molecule has 1 heterocycles. The van der Waals surface area contributed by atoms with Gasteiger partial charge in [0.1, 0.15) is 0 Å². The Labute approximate surface area is 129 Å². The van der Waals surface area contributed by atoms with Crippen molar-refractivity contribution in [1.82, 2.24) is 10.6 Å². The van der Waals surface area contributed by atoms with Crippen LogP contribution in [-0.2, 0) is 6.54 Å². The molecule has 0 bridgehead atoms. The molecule has 0 saturated heterocycles. The number of hydrogen-bond acceptors (Lipinski definition) is 2. The zero-order chi connectivity index (χ0) is 14.5. The van der Waals surface area contributed by atoms with Gasteiger partial charge in [0, 0.05) is 18.6 Å². The van der Waals surface area contributed by atoms with Crippen LogP contribution in [0.4, 0.5) is 0 Å². The molecule has 1 fully saturated rings. The number of fused-ring (bicyclic) bond motifs is 1. The predicted molar refractivity (Wildman–Crippen MR) is 89.3 cm³/mol. The molecule has 0 aromatic heterocycles. The highest BCUT2D eigenvalue weighted by molar-refractivity contribution is 5.31. The first-order valence-corrected chi connectivity index (χ1v) is 8.93. The second-order valence-corrected chi connectivity index (χ2v) is 6.80. The van der Waals surface area contributed by atoms with Crippen LogP contribution in [0.2, 0.25) is 0 Å². The molecule has 1 aliphatic carbocycles. The van der Waals surface area contributed by atoms with Crippen LogP contribution in [0, 0.1) is 5.92 Å². The maximum atomic E-state index is 4.03. The van der Waals surface area contributed by atoms with Crippen LogP contribution in [0.5, 0.6) is 0 Å². The molecular formula is C19H30N2. The van der Waals surface area contributed by atoms with Crippen molar-refractivity contribution >= 4 is 0 Å². The van der Waals surface area contributed by atoms with E-state index in [2.05, 4.69) is 41.8 Å². The third kappa shape index (κ3) is 3.67. The highest BCUT2D eigenvalue weighted by atomic mass is 15.0. The molecule has 2 heteroatoms. The Hall–Kier alpha value is -0.860. The Balaban J connectivity index is 1.73. The second-order valence-electron chi connectivity index (χ2n) is 6.80. The van der Waals surface area contributed by atoms with Gasteiger partial charge in [-0.3, -0.25) is 0 Å². The van der Waals surface area contributed by atoms with E-state index in [4.69, 9.17) is 0 Å². The van der Waals surface area contributed by atoms with Crippen molar-refractivity contribution in [1.29, 1.82) is 0 Å². The minimum Gasteiger partial charge on any atom is -0.313 e. The zero-order valence-corrected chi connectivity index (χ0v) is 13.4. The highest BCUT2D eigenvalue weighted by Gasteiger charge is 2.26. The van der Waals surface area contributed by atoms with Gasteiger partial charge in [-0.2, -0.15) is 0 Å². The van der Waals surface area contributed by atoms with E-state index in [0.29, 0.717) is 12.1 Å². The van der Waals surface area contributed by atoms with Gasteiger partial charge in [-0.25, -0.2) is 0 Å². The first kappa shape index (κ1) is 15.1. The molecule has 21 heavy (non-hydrogen) atoms. The van der Waals surface area contributed by atoms with Gasteiger partial charge in [-0.15, -0.1) is 0 Å². The van der Waals surface area contributed by atoms with E-state index in [9.17, 15) is 0 Å². The number of rotatable bonds is 4. The average Bonchev–Trinajstić information content (AvgIpc) is 2.76. The Morgan fingerprint density at radius 2 is 1.95 bits per heavy atom. The third-order valence-electron chi connectivity index (χ3n) is 5.43. The van der Waals surface area contributed by atoms with Crippen LogP contribution in [0.15, 0.2) is 24.3 Å². The summed E-state index contributed by atoms with van der Waals surface area (Å²) in [4.78, 5) is 0. The fourth-order valence-corrected chi connectivity index (χ4v) is 4.22. The Bertz CT molecular complexity index is 437. The lowest BCUT2D eigenvalue weighted by atomic mass is 9.82. The van der Waals surface area contributed by atoms with E-state index < -0.39 is 0 Å². The Morgan fingerprint density at radius 3 is 2.76 bits per heavy atom. The van der Waals surface area contributed by atoms with E-state index in [1.807, 2.05) is 0 Å². The van der Waals surface area contributed by atoms with Crippen LogP contribution < -0.4 is 10.6 Å². The molecular weight excluding hydrogens is 256 g/mol. The van der Waals surface area contributed by atoms with E-state index in [1.54, 1.807) is 0 Å². The number of benzene rings is 1. The maximum Gasteiger partial charge on any atom is 0.0338 e. The van der Waals surface area contributed by atoms with E-state index in [-0.39, 0.29) is 0 Å². The predicted octanol–water partition coefficient (Wildman–Crippen LogP) is 4.17. The summed E-state index contributed by atoms with van der Waals surface area (Å²) < 4.78 is 0. The van der Waals surface area contributed by atoms with Gasteiger partial charge in [0.2, 0.25) is 0 Å². The lowest BCUT2D eigenvalue weighted by Gasteiger charge is -2.34. The molecule has 3 rings (SSSR count). The summed E-state index contributed by atoms with van der Waals surface area (Å²) in [5.74, 6) is 0.895. The molecule has 2 aliphatic rings. The fraction of sp³-hybridized carbons (Fsp3) is 0.684. The molecule has 0 amide bonds. The van der Waals surface area contributed by atoms with Crippen molar-refractivity contribution in [2.75, 3.05) is 6.54 Å². The lowest BCUT2D eigenvalue weighted by molar-refractivity contribution is 0.242. The second kappa shape index (κ2) is 7.42. The third-order valence-corrected chi connectivity index (χ3v) is 5.43. The van der Waals surface area contributed by atoms with E-state index in [1.165, 1.54) is 56.1 Å². The van der Waals surface area contributed by atoms with Gasteiger partial charge in [0.25, 0.3) is 0 Å². The molecule has 2 unspecified atom stereocenters. The van der Waals surface area contributed by atoms with Gasteiger partial charge < -0.3 is 10.6 Å². The van der Waals surface area contributed by atoms with Crippen LogP contribution in [0.1, 0.15) is 69.0 Å². The van der Waals surface area contributed by atoms with Gasteiger partial charge in [-0.05, 0) is 49.3 Å². The van der Waals surface area contributed by atoms with Crippen LogP contribution in [0.3, 0.4) is 0 Å². The summed E-state index contributed by atoms with van der Waals surface area (Å²) in [7, 11) is 0. The molecule has 116 valence electrons. The zero-order valence-electron chi connectivity index (χ0n) is 13.4. The monoisotopic (exact) mass is 286 g/mol. The van der Waals surface area contributed by atoms with E-state index >= 15 is 0 Å². The van der Waals surface area contributed by atoms with Crippen LogP contribution >= 0.6 is 0 Å². The number of nitrogens with one attached hydrogen (secondary N) is 2. The highest BCUT2D eigenvalue weighted by Crippen LogP contribution is 2.31. The van der Waals surface area contributed by atoms with Gasteiger partial charge in [0.05, 0.1) is 0 Å². The molecule has 2 nitrogen and oxygen atoms in total. The van der Waals surface area contributed by atoms with Gasteiger partial charge in [0.15, 0.2) is 0 Å². The largest absolute Gasteiger partial charge is 0.313 e. The lowest BCUT2D eigenvalue weighted by Crippen LogP contribution is -2.39. The Kier molecular flexibility index (Phi) is 5.32. The van der Waals surface area contributed by atoms with Gasteiger partial charge in [-0.1, -0.05) is 50.5 Å². The summed E-state index contributed by atoms with van der Waals surface area (Å²) in [6, 6.07) is 10.2. The normalized spacial score (nSPS) is 25.1. The number of hydrogen-bond donors (Lipinski definition) is 2. The topological polar surface area (TPSA) is 24.1 Å². The fourth-order valence-electron chi connectivity index (χ4n) is 4.22. The molecule has 1 aromatic rings. The maximum absolute atomic E-state index is 4.03. The summed E-state index contributed by atoms with van der Waals surface area (Å²) in [6.45, 7) is 4.50. The molecule has 1 aliphatic heterocycles. The Morgan fingerprint density at radius 1 is 1.14 bits per heavy atom. The summed E-state index contributed by atoms with van der Waals surface area (Å²) >= 11 is 0. The summed E-state index contributed by atoms with van der Waals surface area (Å²) in [6.07, 6.45) is 9.65. The molecule has 2 atom stereocenters. The van der Waals surface area contributed by atoms with Gasteiger partial charge >= 0.3 is 0 Å². The molecule has 2 N–H and O–H groups in total. The van der Waals surface area contributed by atoms with Crippen molar-refractivity contribution in [3.8, 4) is 0 Å². The van der Waals surface area contributed by atoms with E-state index in [0.717, 1.165) is 19.0 Å². The van der Waals surface area contributed by atoms with Crippen LogP contribution in [-0.4, -0.2) is 12.6 Å². The smallest absolute Gasteiger partial charge is 0.0338 e. The molecule has 1 aromatic carbocycles. The SMILES string of the molecule is CCC(NC1CCNCc2ccccc21)C1CCCCC1. The van der Waals surface area contributed by atoms with Crippen molar-refractivity contribution in [2.45, 2.75) is 70.5 Å². The summed E-state index contributed by atoms with van der Waals surface area (Å²) in [5.41, 5.74) is 3.00. The standard InChI is InChI=1S/C19H30N2/c1-2-18(15-8-4-3-5-9-15)21-19-12-13-20-14-16-10-6-7-11-17(16)19/h6-7,10-11,15,18-21H,2-5,8-9,12-14H2,1H3. The van der Waals surface area contributed by atoms with Crippen LogP contribution in [0.25, 0.3) is 0 Å². The summed E-state index contributed by atoms with van der Waals surface area (Å²) in [5, 5.41) is 7.60. The minimum absolute atomic E-state index is 0.531. The van der Waals surface area contributed by atoms with Crippen molar-refractivity contribution in [2.24, 2.45) is 5.92 Å². The first-order valence-electron chi connectivity index (χ1n) is 8.93. The molecule has 0 spiro atoms. The quantitative estimate of drug-likeness (QED) is 0.868. The molecule has 0 radical (unpaired) electrons. The molecule has 1 saturated carbocycles. The first-order chi connectivity index (χ1) is 10.4. The minimum atomic E-state index is 0.531. The van der Waals surface area contributed by atoms with Crippen molar-refractivity contribution < 1.29 is 0 Å².